The van der Waals surface area contributed by atoms with E-state index in [0.717, 1.165) is 37.9 Å². The van der Waals surface area contributed by atoms with Crippen molar-refractivity contribution in [1.29, 1.82) is 0 Å². The molecule has 1 aliphatic rings. The molecular formula is C12H15FN2O3. The molecule has 1 N–H and O–H groups in total. The summed E-state index contributed by atoms with van der Waals surface area (Å²) in [5, 5.41) is 14.1. The summed E-state index contributed by atoms with van der Waals surface area (Å²) < 4.78 is 18.3. The maximum absolute atomic E-state index is 12.9. The SMILES string of the molecule is O=[N+]([O-])c1cc(F)ccc1OCCC1CCCN1. The third-order valence-corrected chi connectivity index (χ3v) is 3.00. The van der Waals surface area contributed by atoms with Crippen molar-refractivity contribution in [2.24, 2.45) is 0 Å². The van der Waals surface area contributed by atoms with Gasteiger partial charge in [-0.2, -0.15) is 0 Å². The highest BCUT2D eigenvalue weighted by atomic mass is 19.1. The number of nitro benzene ring substituents is 1. The maximum atomic E-state index is 12.9. The van der Waals surface area contributed by atoms with Gasteiger partial charge >= 0.3 is 5.69 Å². The van der Waals surface area contributed by atoms with E-state index in [1.165, 1.54) is 6.07 Å². The minimum absolute atomic E-state index is 0.124. The van der Waals surface area contributed by atoms with Gasteiger partial charge in [0.2, 0.25) is 0 Å². The van der Waals surface area contributed by atoms with Crippen LogP contribution >= 0.6 is 0 Å². The van der Waals surface area contributed by atoms with E-state index in [1.54, 1.807) is 0 Å². The summed E-state index contributed by atoms with van der Waals surface area (Å²) >= 11 is 0. The highest BCUT2D eigenvalue weighted by Gasteiger charge is 2.18. The zero-order chi connectivity index (χ0) is 13.0. The predicted molar refractivity (Wildman–Crippen MR) is 64.2 cm³/mol. The second-order valence-corrected chi connectivity index (χ2v) is 4.30. The molecule has 6 heteroatoms. The van der Waals surface area contributed by atoms with Crippen molar-refractivity contribution in [3.8, 4) is 5.75 Å². The highest BCUT2D eigenvalue weighted by Crippen LogP contribution is 2.27. The molecule has 0 aromatic heterocycles. The van der Waals surface area contributed by atoms with Gasteiger partial charge in [-0.05, 0) is 37.9 Å². The van der Waals surface area contributed by atoms with Crippen molar-refractivity contribution in [3.05, 3.63) is 34.1 Å². The predicted octanol–water partition coefficient (Wildman–Crippen LogP) is 2.25. The van der Waals surface area contributed by atoms with Crippen molar-refractivity contribution < 1.29 is 14.1 Å². The number of nitrogens with zero attached hydrogens (tertiary/aromatic N) is 1. The van der Waals surface area contributed by atoms with Crippen LogP contribution in [0.5, 0.6) is 5.75 Å². The van der Waals surface area contributed by atoms with Gasteiger partial charge in [0, 0.05) is 6.04 Å². The molecule has 1 heterocycles. The molecule has 0 spiro atoms. The van der Waals surface area contributed by atoms with E-state index < -0.39 is 10.7 Å². The van der Waals surface area contributed by atoms with Crippen LogP contribution in [-0.4, -0.2) is 24.1 Å². The summed E-state index contributed by atoms with van der Waals surface area (Å²) in [5.41, 5.74) is -0.325. The van der Waals surface area contributed by atoms with Crippen LogP contribution in [0.4, 0.5) is 10.1 Å². The van der Waals surface area contributed by atoms with Gasteiger partial charge in [0.15, 0.2) is 5.75 Å². The minimum atomic E-state index is -0.633. The van der Waals surface area contributed by atoms with Gasteiger partial charge in [-0.1, -0.05) is 0 Å². The zero-order valence-electron chi connectivity index (χ0n) is 9.89. The molecule has 1 aromatic carbocycles. The number of nitrogens with one attached hydrogen (secondary N) is 1. The van der Waals surface area contributed by atoms with Crippen molar-refractivity contribution in [1.82, 2.24) is 5.32 Å². The number of hydrogen-bond acceptors (Lipinski definition) is 4. The Kier molecular flexibility index (Phi) is 4.09. The van der Waals surface area contributed by atoms with Gasteiger partial charge in [-0.3, -0.25) is 10.1 Å². The van der Waals surface area contributed by atoms with Crippen LogP contribution in [0.1, 0.15) is 19.3 Å². The molecule has 1 fully saturated rings. The first kappa shape index (κ1) is 12.8. The molecule has 1 saturated heterocycles. The number of nitro groups is 1. The summed E-state index contributed by atoms with van der Waals surface area (Å²) in [6, 6.07) is 3.76. The molecule has 0 saturated carbocycles. The summed E-state index contributed by atoms with van der Waals surface area (Å²) in [4.78, 5) is 10.1. The van der Waals surface area contributed by atoms with Gasteiger partial charge in [0.1, 0.15) is 5.82 Å². The van der Waals surface area contributed by atoms with Crippen molar-refractivity contribution in [2.75, 3.05) is 13.2 Å². The molecule has 0 radical (unpaired) electrons. The highest BCUT2D eigenvalue weighted by molar-refractivity contribution is 5.46. The van der Waals surface area contributed by atoms with E-state index in [2.05, 4.69) is 5.32 Å². The normalized spacial score (nSPS) is 18.8. The van der Waals surface area contributed by atoms with Gasteiger partial charge in [0.05, 0.1) is 17.6 Å². The van der Waals surface area contributed by atoms with Crippen LogP contribution in [0.3, 0.4) is 0 Å². The standard InChI is InChI=1S/C12H15FN2O3/c13-9-3-4-12(11(8-9)15(16)17)18-7-5-10-2-1-6-14-10/h3-4,8,10,14H,1-2,5-7H2. The molecule has 98 valence electrons. The lowest BCUT2D eigenvalue weighted by atomic mass is 10.2. The third kappa shape index (κ3) is 3.16. The molecule has 1 aliphatic heterocycles. The fraction of sp³-hybridized carbons (Fsp3) is 0.500. The molecule has 5 nitrogen and oxygen atoms in total. The molecule has 1 unspecified atom stereocenters. The Balaban J connectivity index is 1.93. The fourth-order valence-electron chi connectivity index (χ4n) is 2.07. The Morgan fingerprint density at radius 1 is 1.56 bits per heavy atom. The third-order valence-electron chi connectivity index (χ3n) is 3.00. The monoisotopic (exact) mass is 254 g/mol. The fourth-order valence-corrected chi connectivity index (χ4v) is 2.07. The maximum Gasteiger partial charge on any atom is 0.313 e. The average Bonchev–Trinajstić information content (AvgIpc) is 2.84. The lowest BCUT2D eigenvalue weighted by molar-refractivity contribution is -0.386. The van der Waals surface area contributed by atoms with Crippen LogP contribution in [0.2, 0.25) is 0 Å². The quantitative estimate of drug-likeness (QED) is 0.646. The summed E-state index contributed by atoms with van der Waals surface area (Å²) in [7, 11) is 0. The number of rotatable bonds is 5. The van der Waals surface area contributed by atoms with E-state index in [4.69, 9.17) is 4.74 Å². The topological polar surface area (TPSA) is 64.4 Å². The van der Waals surface area contributed by atoms with Crippen LogP contribution in [0.25, 0.3) is 0 Å². The van der Waals surface area contributed by atoms with E-state index in [9.17, 15) is 14.5 Å². The molecule has 2 rings (SSSR count). The molecule has 1 atom stereocenters. The first-order chi connectivity index (χ1) is 8.66. The second-order valence-electron chi connectivity index (χ2n) is 4.30. The van der Waals surface area contributed by atoms with E-state index in [1.807, 2.05) is 0 Å². The Hall–Kier alpha value is -1.69. The summed E-state index contributed by atoms with van der Waals surface area (Å²) in [5.74, 6) is -0.508. The van der Waals surface area contributed by atoms with Crippen LogP contribution in [0, 0.1) is 15.9 Å². The number of ether oxygens (including phenoxy) is 1. The first-order valence-electron chi connectivity index (χ1n) is 5.97. The number of halogens is 1. The minimum Gasteiger partial charge on any atom is -0.487 e. The largest absolute Gasteiger partial charge is 0.487 e. The molecule has 1 aromatic rings. The first-order valence-corrected chi connectivity index (χ1v) is 5.97. The van der Waals surface area contributed by atoms with Gasteiger partial charge in [0.25, 0.3) is 0 Å². The van der Waals surface area contributed by atoms with Crippen LogP contribution in [-0.2, 0) is 0 Å². The van der Waals surface area contributed by atoms with Crippen LogP contribution < -0.4 is 10.1 Å². The van der Waals surface area contributed by atoms with E-state index in [0.29, 0.717) is 12.6 Å². The van der Waals surface area contributed by atoms with Crippen molar-refractivity contribution in [2.45, 2.75) is 25.3 Å². The van der Waals surface area contributed by atoms with Crippen molar-refractivity contribution in [3.63, 3.8) is 0 Å². The number of hydrogen-bond donors (Lipinski definition) is 1. The number of benzene rings is 1. The molecule has 0 amide bonds. The molecular weight excluding hydrogens is 239 g/mol. The molecule has 0 bridgehead atoms. The second kappa shape index (κ2) is 5.77. The smallest absolute Gasteiger partial charge is 0.313 e. The summed E-state index contributed by atoms with van der Waals surface area (Å²) in [6.07, 6.45) is 3.06. The van der Waals surface area contributed by atoms with E-state index in [-0.39, 0.29) is 11.4 Å². The van der Waals surface area contributed by atoms with E-state index >= 15 is 0 Å². The Bertz CT molecular complexity index is 433. The lowest BCUT2D eigenvalue weighted by Crippen LogP contribution is -2.23. The zero-order valence-corrected chi connectivity index (χ0v) is 9.89. The Morgan fingerprint density at radius 3 is 3.06 bits per heavy atom. The van der Waals surface area contributed by atoms with Gasteiger partial charge in [-0.25, -0.2) is 4.39 Å². The van der Waals surface area contributed by atoms with Gasteiger partial charge < -0.3 is 10.1 Å². The lowest BCUT2D eigenvalue weighted by Gasteiger charge is -2.11. The van der Waals surface area contributed by atoms with Crippen molar-refractivity contribution >= 4 is 5.69 Å². The molecule has 18 heavy (non-hydrogen) atoms. The average molecular weight is 254 g/mol. The Labute approximate surface area is 104 Å². The van der Waals surface area contributed by atoms with Gasteiger partial charge in [-0.15, -0.1) is 0 Å². The van der Waals surface area contributed by atoms with Crippen LogP contribution in [0.15, 0.2) is 18.2 Å². The molecule has 0 aliphatic carbocycles. The Morgan fingerprint density at radius 2 is 2.39 bits per heavy atom. The summed E-state index contributed by atoms with van der Waals surface area (Å²) in [6.45, 7) is 1.41.